The predicted molar refractivity (Wildman–Crippen MR) is 84.2 cm³/mol. The van der Waals surface area contributed by atoms with Crippen LogP contribution in [0.5, 0.6) is 5.88 Å². The van der Waals surface area contributed by atoms with E-state index in [0.29, 0.717) is 36.0 Å². The molecule has 0 aliphatic rings. The number of anilines is 2. The topological polar surface area (TPSA) is 73.1 Å². The zero-order valence-electron chi connectivity index (χ0n) is 13.5. The molecule has 20 heavy (non-hydrogen) atoms. The van der Waals surface area contributed by atoms with Gasteiger partial charge in [-0.1, -0.05) is 34.6 Å². The standard InChI is InChI=1S/C15H28N4O/c1-7-11(6)17-14-12(16)15(20-8-9(2)3)19-13(18-14)10(4)5/h9-11H,7-8,16H2,1-6H3,(H,17,18,19). The minimum Gasteiger partial charge on any atom is -0.476 e. The molecule has 0 fully saturated rings. The first-order valence-corrected chi connectivity index (χ1v) is 7.41. The number of aromatic nitrogens is 2. The molecule has 0 radical (unpaired) electrons. The highest BCUT2D eigenvalue weighted by Crippen LogP contribution is 2.29. The number of nitrogens with zero attached hydrogens (tertiary/aromatic N) is 2. The Labute approximate surface area is 122 Å². The summed E-state index contributed by atoms with van der Waals surface area (Å²) in [5.41, 5.74) is 6.62. The molecular weight excluding hydrogens is 252 g/mol. The monoisotopic (exact) mass is 280 g/mol. The first kappa shape index (κ1) is 16.5. The van der Waals surface area contributed by atoms with Crippen LogP contribution in [0, 0.1) is 5.92 Å². The first-order chi connectivity index (χ1) is 9.35. The summed E-state index contributed by atoms with van der Waals surface area (Å²) in [6.07, 6.45) is 1.00. The maximum Gasteiger partial charge on any atom is 0.242 e. The maximum absolute atomic E-state index is 6.13. The lowest BCUT2D eigenvalue weighted by molar-refractivity contribution is 0.261. The molecule has 1 aromatic heterocycles. The largest absolute Gasteiger partial charge is 0.476 e. The van der Waals surface area contributed by atoms with Gasteiger partial charge in [0.05, 0.1) is 6.61 Å². The predicted octanol–water partition coefficient (Wildman–Crippen LogP) is 3.43. The Balaban J connectivity index is 3.08. The Bertz CT molecular complexity index is 432. The van der Waals surface area contributed by atoms with Crippen LogP contribution < -0.4 is 15.8 Å². The summed E-state index contributed by atoms with van der Waals surface area (Å²) in [4.78, 5) is 8.96. The van der Waals surface area contributed by atoms with Crippen LogP contribution in [0.3, 0.4) is 0 Å². The van der Waals surface area contributed by atoms with Crippen molar-refractivity contribution in [2.45, 2.75) is 59.9 Å². The number of nitrogens with two attached hydrogens (primary N) is 1. The average molecular weight is 280 g/mol. The molecule has 3 N–H and O–H groups in total. The molecule has 0 saturated carbocycles. The summed E-state index contributed by atoms with van der Waals surface area (Å²) in [6, 6.07) is 0.310. The van der Waals surface area contributed by atoms with E-state index in [0.717, 1.165) is 12.2 Å². The number of rotatable bonds is 7. The second-order valence-electron chi connectivity index (χ2n) is 5.96. The van der Waals surface area contributed by atoms with E-state index >= 15 is 0 Å². The molecule has 5 heteroatoms. The molecule has 0 aromatic carbocycles. The van der Waals surface area contributed by atoms with Crippen molar-refractivity contribution in [3.05, 3.63) is 5.82 Å². The van der Waals surface area contributed by atoms with Gasteiger partial charge in [-0.05, 0) is 19.3 Å². The summed E-state index contributed by atoms with van der Waals surface area (Å²) in [7, 11) is 0. The quantitative estimate of drug-likeness (QED) is 0.800. The minimum absolute atomic E-state index is 0.231. The summed E-state index contributed by atoms with van der Waals surface area (Å²) in [5, 5.41) is 3.33. The second-order valence-corrected chi connectivity index (χ2v) is 5.96. The summed E-state index contributed by atoms with van der Waals surface area (Å²) in [6.45, 7) is 13.1. The van der Waals surface area contributed by atoms with Crippen LogP contribution in [-0.2, 0) is 0 Å². The molecule has 0 amide bonds. The molecule has 1 aromatic rings. The lowest BCUT2D eigenvalue weighted by Gasteiger charge is -2.18. The Morgan fingerprint density at radius 1 is 1.15 bits per heavy atom. The number of hydrogen-bond acceptors (Lipinski definition) is 5. The number of nitrogens with one attached hydrogen (secondary N) is 1. The van der Waals surface area contributed by atoms with E-state index in [1.165, 1.54) is 0 Å². The van der Waals surface area contributed by atoms with E-state index in [1.54, 1.807) is 0 Å². The fraction of sp³-hybridized carbons (Fsp3) is 0.733. The molecular formula is C15H28N4O. The van der Waals surface area contributed by atoms with Gasteiger partial charge >= 0.3 is 0 Å². The van der Waals surface area contributed by atoms with Crippen molar-refractivity contribution in [2.24, 2.45) is 5.92 Å². The van der Waals surface area contributed by atoms with Crippen molar-refractivity contribution in [3.8, 4) is 5.88 Å². The fourth-order valence-electron chi connectivity index (χ4n) is 1.52. The van der Waals surface area contributed by atoms with Gasteiger partial charge in [-0.3, -0.25) is 0 Å². The number of hydrogen-bond donors (Lipinski definition) is 2. The molecule has 0 spiro atoms. The molecule has 1 heterocycles. The van der Waals surface area contributed by atoms with Crippen molar-refractivity contribution in [1.82, 2.24) is 9.97 Å². The number of nitrogen functional groups attached to an aromatic ring is 1. The van der Waals surface area contributed by atoms with Crippen molar-refractivity contribution in [3.63, 3.8) is 0 Å². The van der Waals surface area contributed by atoms with Gasteiger partial charge in [0.15, 0.2) is 5.82 Å². The van der Waals surface area contributed by atoms with Crippen molar-refractivity contribution in [2.75, 3.05) is 17.7 Å². The summed E-state index contributed by atoms with van der Waals surface area (Å²) < 4.78 is 5.73. The van der Waals surface area contributed by atoms with Crippen molar-refractivity contribution in [1.29, 1.82) is 0 Å². The highest BCUT2D eigenvalue weighted by Gasteiger charge is 2.16. The minimum atomic E-state index is 0.231. The van der Waals surface area contributed by atoms with Gasteiger partial charge in [-0.15, -0.1) is 0 Å². The molecule has 0 bridgehead atoms. The van der Waals surface area contributed by atoms with E-state index in [9.17, 15) is 0 Å². The van der Waals surface area contributed by atoms with E-state index in [-0.39, 0.29) is 5.92 Å². The Morgan fingerprint density at radius 3 is 2.30 bits per heavy atom. The molecule has 0 saturated heterocycles. The smallest absolute Gasteiger partial charge is 0.242 e. The molecule has 1 atom stereocenters. The van der Waals surface area contributed by atoms with Crippen LogP contribution in [0.2, 0.25) is 0 Å². The maximum atomic E-state index is 6.13. The van der Waals surface area contributed by atoms with Crippen LogP contribution in [0.25, 0.3) is 0 Å². The fourth-order valence-corrected chi connectivity index (χ4v) is 1.52. The van der Waals surface area contributed by atoms with Crippen LogP contribution >= 0.6 is 0 Å². The number of ether oxygens (including phenoxy) is 1. The summed E-state index contributed by atoms with van der Waals surface area (Å²) in [5.74, 6) is 2.58. The van der Waals surface area contributed by atoms with Gasteiger partial charge < -0.3 is 15.8 Å². The van der Waals surface area contributed by atoms with E-state index in [4.69, 9.17) is 10.5 Å². The van der Waals surface area contributed by atoms with Gasteiger partial charge in [0.2, 0.25) is 5.88 Å². The third-order valence-electron chi connectivity index (χ3n) is 2.99. The SMILES string of the molecule is CCC(C)Nc1nc(C(C)C)nc(OCC(C)C)c1N. The van der Waals surface area contributed by atoms with E-state index in [2.05, 4.69) is 56.8 Å². The Kier molecular flexibility index (Phi) is 6.05. The average Bonchev–Trinajstić information content (AvgIpc) is 2.38. The molecule has 1 rings (SSSR count). The van der Waals surface area contributed by atoms with E-state index < -0.39 is 0 Å². The van der Waals surface area contributed by atoms with Gasteiger partial charge in [-0.25, -0.2) is 4.98 Å². The van der Waals surface area contributed by atoms with Crippen molar-refractivity contribution >= 4 is 11.5 Å². The van der Waals surface area contributed by atoms with Gasteiger partial charge in [0.1, 0.15) is 11.5 Å². The normalized spacial score (nSPS) is 12.8. The molecule has 0 aliphatic carbocycles. The summed E-state index contributed by atoms with van der Waals surface area (Å²) >= 11 is 0. The first-order valence-electron chi connectivity index (χ1n) is 7.41. The zero-order chi connectivity index (χ0) is 15.3. The van der Waals surface area contributed by atoms with Gasteiger partial charge in [0, 0.05) is 12.0 Å². The van der Waals surface area contributed by atoms with Crippen LogP contribution in [0.4, 0.5) is 11.5 Å². The Morgan fingerprint density at radius 2 is 1.80 bits per heavy atom. The zero-order valence-corrected chi connectivity index (χ0v) is 13.5. The Hall–Kier alpha value is -1.52. The van der Waals surface area contributed by atoms with Gasteiger partial charge in [-0.2, -0.15) is 4.98 Å². The second kappa shape index (κ2) is 7.31. The van der Waals surface area contributed by atoms with E-state index in [1.807, 2.05) is 0 Å². The van der Waals surface area contributed by atoms with Crippen LogP contribution in [-0.4, -0.2) is 22.6 Å². The molecule has 0 aliphatic heterocycles. The molecule has 1 unspecified atom stereocenters. The third kappa shape index (κ3) is 4.54. The molecule has 5 nitrogen and oxygen atoms in total. The lowest BCUT2D eigenvalue weighted by Crippen LogP contribution is -2.18. The molecule has 114 valence electrons. The van der Waals surface area contributed by atoms with Crippen molar-refractivity contribution < 1.29 is 4.74 Å². The van der Waals surface area contributed by atoms with Crippen LogP contribution in [0.15, 0.2) is 0 Å². The highest BCUT2D eigenvalue weighted by molar-refractivity contribution is 5.67. The highest BCUT2D eigenvalue weighted by atomic mass is 16.5. The van der Waals surface area contributed by atoms with Crippen LogP contribution in [0.1, 0.15) is 59.7 Å². The lowest BCUT2D eigenvalue weighted by atomic mass is 10.2. The third-order valence-corrected chi connectivity index (χ3v) is 2.99. The van der Waals surface area contributed by atoms with Gasteiger partial charge in [0.25, 0.3) is 0 Å².